The van der Waals surface area contributed by atoms with E-state index >= 15 is 0 Å². The van der Waals surface area contributed by atoms with Crippen molar-refractivity contribution >= 4 is 50.6 Å². The summed E-state index contributed by atoms with van der Waals surface area (Å²) >= 11 is 5.23. The molecule has 3 aromatic carbocycles. The smallest absolute Gasteiger partial charge is 0.340 e. The van der Waals surface area contributed by atoms with Crippen LogP contribution in [0.3, 0.4) is 0 Å². The summed E-state index contributed by atoms with van der Waals surface area (Å²) in [5.41, 5.74) is 3.32. The minimum Gasteiger partial charge on any atom is -0.488 e. The maximum absolute atomic E-state index is 13.0. The number of carbonyl (C=O) groups excluding carboxylic acids is 1. The molecule has 168 valence electrons. The predicted molar refractivity (Wildman–Crippen MR) is 139 cm³/mol. The van der Waals surface area contributed by atoms with Crippen molar-refractivity contribution in [3.05, 3.63) is 99.5 Å². The van der Waals surface area contributed by atoms with Gasteiger partial charge >= 0.3 is 5.97 Å². The summed E-state index contributed by atoms with van der Waals surface area (Å²) in [6.45, 7) is 2.56. The Morgan fingerprint density at radius 3 is 2.45 bits per heavy atom. The Morgan fingerprint density at radius 1 is 1.06 bits per heavy atom. The summed E-state index contributed by atoms with van der Waals surface area (Å²) in [5.74, 6) is 0.334. The molecule has 0 bridgehead atoms. The number of hydrogen-bond acceptors (Lipinski definition) is 4. The summed E-state index contributed by atoms with van der Waals surface area (Å²) in [5, 5.41) is 2.79. The van der Waals surface area contributed by atoms with Crippen molar-refractivity contribution in [2.75, 3.05) is 6.61 Å². The first-order valence-electron chi connectivity index (χ1n) is 10.6. The lowest BCUT2D eigenvalue weighted by molar-refractivity contribution is 0.0528. The van der Waals surface area contributed by atoms with E-state index in [1.807, 2.05) is 90.7 Å². The maximum atomic E-state index is 13.0. The lowest BCUT2D eigenvalue weighted by Gasteiger charge is -2.09. The molecule has 0 aliphatic heterocycles. The Morgan fingerprint density at radius 2 is 1.76 bits per heavy atom. The molecule has 4 rings (SSSR count). The van der Waals surface area contributed by atoms with Crippen molar-refractivity contribution in [2.24, 2.45) is 7.05 Å². The summed E-state index contributed by atoms with van der Waals surface area (Å²) in [6, 6.07) is 24.0. The number of aryl methyl sites for hydroxylation is 1. The van der Waals surface area contributed by atoms with Crippen molar-refractivity contribution in [1.82, 2.24) is 4.57 Å². The molecule has 4 nitrogen and oxygen atoms in total. The molecule has 0 radical (unpaired) electrons. The Balaban J connectivity index is 1.72. The molecular formula is C27H24BrNO3S. The van der Waals surface area contributed by atoms with Gasteiger partial charge in [0.1, 0.15) is 12.4 Å². The van der Waals surface area contributed by atoms with Crippen LogP contribution in [-0.2, 0) is 18.4 Å². The first-order chi connectivity index (χ1) is 16.1. The Labute approximate surface area is 206 Å². The second kappa shape index (κ2) is 10.8. The molecule has 0 spiro atoms. The van der Waals surface area contributed by atoms with E-state index < -0.39 is 0 Å². The van der Waals surface area contributed by atoms with E-state index in [0.29, 0.717) is 24.5 Å². The van der Waals surface area contributed by atoms with Crippen molar-refractivity contribution < 1.29 is 14.3 Å². The van der Waals surface area contributed by atoms with E-state index in [-0.39, 0.29) is 5.97 Å². The normalized spacial score (nSPS) is 11.2. The Kier molecular flexibility index (Phi) is 7.57. The number of nitrogens with zero attached hydrogens (tertiary/aromatic N) is 1. The number of halogens is 1. The third kappa shape index (κ3) is 5.34. The monoisotopic (exact) mass is 521 g/mol. The fourth-order valence-electron chi connectivity index (χ4n) is 3.59. The zero-order chi connectivity index (χ0) is 23.2. The van der Waals surface area contributed by atoms with Gasteiger partial charge in [-0.2, -0.15) is 0 Å². The van der Waals surface area contributed by atoms with Crippen LogP contribution in [-0.4, -0.2) is 17.1 Å². The molecule has 6 heteroatoms. The van der Waals surface area contributed by atoms with Gasteiger partial charge in [-0.05, 0) is 64.2 Å². The number of hydrogen-bond donors (Lipinski definition) is 0. The molecule has 0 N–H and O–H groups in total. The van der Waals surface area contributed by atoms with E-state index in [1.165, 1.54) is 0 Å². The van der Waals surface area contributed by atoms with Gasteiger partial charge in [-0.25, -0.2) is 4.79 Å². The molecule has 0 saturated heterocycles. The van der Waals surface area contributed by atoms with Crippen molar-refractivity contribution in [2.45, 2.75) is 18.4 Å². The van der Waals surface area contributed by atoms with Crippen LogP contribution >= 0.6 is 27.7 Å². The summed E-state index contributed by atoms with van der Waals surface area (Å²) < 4.78 is 14.3. The number of esters is 1. The largest absolute Gasteiger partial charge is 0.488 e. The van der Waals surface area contributed by atoms with E-state index in [4.69, 9.17) is 9.47 Å². The van der Waals surface area contributed by atoms with Gasteiger partial charge in [-0.1, -0.05) is 60.3 Å². The molecule has 1 heterocycles. The first kappa shape index (κ1) is 23.2. The number of fused-ring (bicyclic) bond motifs is 1. The van der Waals surface area contributed by atoms with Gasteiger partial charge in [-0.3, -0.25) is 0 Å². The molecule has 0 amide bonds. The van der Waals surface area contributed by atoms with Gasteiger partial charge in [0.25, 0.3) is 0 Å². The van der Waals surface area contributed by atoms with E-state index in [1.54, 1.807) is 11.8 Å². The lowest BCUT2D eigenvalue weighted by Crippen LogP contribution is -2.06. The van der Waals surface area contributed by atoms with Crippen LogP contribution in [0.5, 0.6) is 5.75 Å². The number of aromatic nitrogens is 1. The van der Waals surface area contributed by atoms with Crippen LogP contribution in [0.2, 0.25) is 0 Å². The Hall–Kier alpha value is -2.96. The van der Waals surface area contributed by atoms with Crippen molar-refractivity contribution in [3.63, 3.8) is 0 Å². The third-order valence-corrected chi connectivity index (χ3v) is 6.62. The van der Waals surface area contributed by atoms with Gasteiger partial charge in [0, 0.05) is 17.3 Å². The van der Waals surface area contributed by atoms with Crippen LogP contribution in [0.1, 0.15) is 28.5 Å². The van der Waals surface area contributed by atoms with Crippen LogP contribution in [0.15, 0.2) is 87.6 Å². The molecule has 0 atom stereocenters. The molecule has 0 aliphatic rings. The van der Waals surface area contributed by atoms with E-state index in [0.717, 1.165) is 31.5 Å². The Bertz CT molecular complexity index is 1280. The molecule has 33 heavy (non-hydrogen) atoms. The van der Waals surface area contributed by atoms with Gasteiger partial charge in [0.05, 0.1) is 27.9 Å². The lowest BCUT2D eigenvalue weighted by atomic mass is 10.1. The van der Waals surface area contributed by atoms with Crippen molar-refractivity contribution in [3.8, 4) is 5.75 Å². The fraction of sp³-hybridized carbons (Fsp3) is 0.148. The number of ether oxygens (including phenoxy) is 2. The second-order valence-corrected chi connectivity index (χ2v) is 9.18. The minimum atomic E-state index is -0.344. The summed E-state index contributed by atoms with van der Waals surface area (Å²) in [7, 11) is 1.95. The number of benzene rings is 3. The average molecular weight is 522 g/mol. The van der Waals surface area contributed by atoms with Crippen LogP contribution in [0, 0.1) is 0 Å². The first-order valence-corrected chi connectivity index (χ1v) is 12.3. The van der Waals surface area contributed by atoms with Crippen molar-refractivity contribution in [1.29, 1.82) is 0 Å². The number of rotatable bonds is 8. The number of carbonyl (C=O) groups is 1. The van der Waals surface area contributed by atoms with Crippen LogP contribution in [0.25, 0.3) is 17.0 Å². The zero-order valence-electron chi connectivity index (χ0n) is 18.5. The third-order valence-electron chi connectivity index (χ3n) is 5.19. The molecule has 4 aromatic rings. The highest BCUT2D eigenvalue weighted by Crippen LogP contribution is 2.36. The second-order valence-electron chi connectivity index (χ2n) is 7.35. The highest BCUT2D eigenvalue weighted by Gasteiger charge is 2.22. The molecule has 0 saturated carbocycles. The molecule has 0 aliphatic carbocycles. The van der Waals surface area contributed by atoms with E-state index in [9.17, 15) is 4.79 Å². The quantitative estimate of drug-likeness (QED) is 0.178. The average Bonchev–Trinajstić information content (AvgIpc) is 3.10. The zero-order valence-corrected chi connectivity index (χ0v) is 20.9. The minimum absolute atomic E-state index is 0.311. The predicted octanol–water partition coefficient (Wildman–Crippen LogP) is 7.46. The molecule has 0 unspecified atom stereocenters. The maximum Gasteiger partial charge on any atom is 0.340 e. The standard InChI is InChI=1S/C27H24BrNO3S/c1-3-31-27(30)26-21-16-25(32-18-19-10-6-4-7-11-19)22(28)17-24(21)29(2)23(26)14-15-33-20-12-8-5-9-13-20/h4-17H,3,18H2,1-2H3/b15-14+. The van der Waals surface area contributed by atoms with Gasteiger partial charge < -0.3 is 14.0 Å². The van der Waals surface area contributed by atoms with E-state index in [2.05, 4.69) is 28.1 Å². The molecule has 1 aromatic heterocycles. The topological polar surface area (TPSA) is 40.5 Å². The van der Waals surface area contributed by atoms with Gasteiger partial charge in [-0.15, -0.1) is 0 Å². The molecular weight excluding hydrogens is 498 g/mol. The van der Waals surface area contributed by atoms with Gasteiger partial charge in [0.2, 0.25) is 0 Å². The highest BCUT2D eigenvalue weighted by molar-refractivity contribution is 9.10. The van der Waals surface area contributed by atoms with Crippen LogP contribution < -0.4 is 4.74 Å². The van der Waals surface area contributed by atoms with Gasteiger partial charge in [0.15, 0.2) is 0 Å². The summed E-state index contributed by atoms with van der Waals surface area (Å²) in [6.07, 6.45) is 1.96. The molecule has 0 fully saturated rings. The fourth-order valence-corrected chi connectivity index (χ4v) is 4.71. The SMILES string of the molecule is CCOC(=O)c1c(/C=C/Sc2ccccc2)n(C)c2cc(Br)c(OCc3ccccc3)cc12. The summed E-state index contributed by atoms with van der Waals surface area (Å²) in [4.78, 5) is 14.1. The number of thioether (sulfide) groups is 1. The highest BCUT2D eigenvalue weighted by atomic mass is 79.9. The van der Waals surface area contributed by atoms with Crippen LogP contribution in [0.4, 0.5) is 0 Å².